The van der Waals surface area contributed by atoms with Crippen LogP contribution in [0.5, 0.6) is 0 Å². The number of hydrogen-bond donors (Lipinski definition) is 1. The minimum atomic E-state index is -0.238. The minimum absolute atomic E-state index is 0.0621. The zero-order valence-electron chi connectivity index (χ0n) is 15.0. The van der Waals surface area contributed by atoms with Crippen LogP contribution in [0.15, 0.2) is 23.4 Å². The Labute approximate surface area is 152 Å². The van der Waals surface area contributed by atoms with Crippen LogP contribution in [0.4, 0.5) is 0 Å². The third-order valence-corrected chi connectivity index (χ3v) is 5.66. The number of aryl methyl sites for hydroxylation is 2. The van der Waals surface area contributed by atoms with Crippen molar-refractivity contribution >= 4 is 17.7 Å². The van der Waals surface area contributed by atoms with Gasteiger partial charge in [0, 0.05) is 6.04 Å². The molecule has 0 bridgehead atoms. The van der Waals surface area contributed by atoms with E-state index < -0.39 is 0 Å². The molecule has 0 spiro atoms. The smallest absolute Gasteiger partial charge is 0.233 e. The van der Waals surface area contributed by atoms with Gasteiger partial charge >= 0.3 is 0 Å². The molecule has 1 atom stereocenters. The Hall–Kier alpha value is -1.89. The summed E-state index contributed by atoms with van der Waals surface area (Å²) in [6.07, 6.45) is 5.86. The van der Waals surface area contributed by atoms with Crippen LogP contribution in [-0.4, -0.2) is 37.4 Å². The van der Waals surface area contributed by atoms with E-state index in [4.69, 9.17) is 0 Å². The number of nitrogens with one attached hydrogen (secondary N) is 1. The van der Waals surface area contributed by atoms with Crippen molar-refractivity contribution in [2.24, 2.45) is 0 Å². The Morgan fingerprint density at radius 3 is 2.76 bits per heavy atom. The molecule has 1 saturated carbocycles. The Bertz CT molecular complexity index is 739. The topological polar surface area (TPSA) is 72.7 Å². The predicted octanol–water partition coefficient (Wildman–Crippen LogP) is 3.21. The highest BCUT2D eigenvalue weighted by Crippen LogP contribution is 2.25. The molecule has 7 heteroatoms. The average Bonchev–Trinajstić information content (AvgIpc) is 3.03. The van der Waals surface area contributed by atoms with Crippen molar-refractivity contribution in [2.75, 3.05) is 0 Å². The standard InChI is InChI=1S/C18H25N5OS/c1-12-9-10-16(13(2)11-12)23-18(20-21-22-23)25-14(3)17(24)19-15-7-5-4-6-8-15/h9-11,14-15H,4-8H2,1-3H3,(H,19,24)/t14-/m1/s1. The van der Waals surface area contributed by atoms with E-state index in [1.807, 2.05) is 26.0 Å². The van der Waals surface area contributed by atoms with Crippen LogP contribution in [-0.2, 0) is 4.79 Å². The van der Waals surface area contributed by atoms with E-state index in [2.05, 4.69) is 33.8 Å². The summed E-state index contributed by atoms with van der Waals surface area (Å²) in [6.45, 7) is 6.01. The van der Waals surface area contributed by atoms with Crippen molar-refractivity contribution in [3.63, 3.8) is 0 Å². The highest BCUT2D eigenvalue weighted by atomic mass is 32.2. The second-order valence-electron chi connectivity index (χ2n) is 6.77. The lowest BCUT2D eigenvalue weighted by atomic mass is 9.95. The number of aromatic nitrogens is 4. The van der Waals surface area contributed by atoms with Gasteiger partial charge in [0.25, 0.3) is 0 Å². The Kier molecular flexibility index (Phi) is 5.73. The van der Waals surface area contributed by atoms with E-state index in [0.29, 0.717) is 11.2 Å². The zero-order chi connectivity index (χ0) is 17.8. The molecule has 1 aromatic carbocycles. The molecule has 3 rings (SSSR count). The first kappa shape index (κ1) is 17.9. The quantitative estimate of drug-likeness (QED) is 0.830. The van der Waals surface area contributed by atoms with E-state index in [0.717, 1.165) is 24.1 Å². The second kappa shape index (κ2) is 7.99. The largest absolute Gasteiger partial charge is 0.352 e. The molecule has 1 aromatic heterocycles. The van der Waals surface area contributed by atoms with Gasteiger partial charge in [0.2, 0.25) is 11.1 Å². The summed E-state index contributed by atoms with van der Waals surface area (Å²) in [5.74, 6) is 0.0621. The van der Waals surface area contributed by atoms with Gasteiger partial charge in [-0.25, -0.2) is 0 Å². The van der Waals surface area contributed by atoms with Gasteiger partial charge in [-0.05, 0) is 55.7 Å². The monoisotopic (exact) mass is 359 g/mol. The first-order chi connectivity index (χ1) is 12.0. The van der Waals surface area contributed by atoms with Crippen LogP contribution in [0.2, 0.25) is 0 Å². The fourth-order valence-corrected chi connectivity index (χ4v) is 4.03. The third kappa shape index (κ3) is 4.39. The molecule has 2 aromatic rings. The SMILES string of the molecule is Cc1ccc(-n2nnnc2S[C@H](C)C(=O)NC2CCCCC2)c(C)c1. The molecule has 0 saturated heterocycles. The maximum absolute atomic E-state index is 12.5. The van der Waals surface area contributed by atoms with Crippen molar-refractivity contribution in [3.05, 3.63) is 29.3 Å². The number of carbonyl (C=O) groups is 1. The molecular formula is C18H25N5OS. The lowest BCUT2D eigenvalue weighted by Gasteiger charge is -2.24. The second-order valence-corrected chi connectivity index (χ2v) is 8.07. The Morgan fingerprint density at radius 2 is 2.04 bits per heavy atom. The summed E-state index contributed by atoms with van der Waals surface area (Å²) < 4.78 is 1.71. The minimum Gasteiger partial charge on any atom is -0.352 e. The molecular weight excluding hydrogens is 334 g/mol. The predicted molar refractivity (Wildman–Crippen MR) is 99.0 cm³/mol. The highest BCUT2D eigenvalue weighted by Gasteiger charge is 2.23. The van der Waals surface area contributed by atoms with E-state index in [-0.39, 0.29) is 11.2 Å². The van der Waals surface area contributed by atoms with Gasteiger partial charge in [0.15, 0.2) is 0 Å². The van der Waals surface area contributed by atoms with Gasteiger partial charge in [-0.2, -0.15) is 4.68 Å². The summed E-state index contributed by atoms with van der Waals surface area (Å²) in [5, 5.41) is 15.6. The lowest BCUT2D eigenvalue weighted by molar-refractivity contribution is -0.121. The first-order valence-corrected chi connectivity index (χ1v) is 9.75. The van der Waals surface area contributed by atoms with E-state index in [9.17, 15) is 4.79 Å². The van der Waals surface area contributed by atoms with Crippen LogP contribution in [0.25, 0.3) is 5.69 Å². The van der Waals surface area contributed by atoms with Crippen molar-refractivity contribution in [3.8, 4) is 5.69 Å². The molecule has 1 amide bonds. The number of nitrogens with zero attached hydrogens (tertiary/aromatic N) is 4. The van der Waals surface area contributed by atoms with Crippen LogP contribution in [0, 0.1) is 13.8 Å². The number of thioether (sulfide) groups is 1. The van der Waals surface area contributed by atoms with Gasteiger partial charge in [0.1, 0.15) is 0 Å². The first-order valence-electron chi connectivity index (χ1n) is 8.87. The Balaban J connectivity index is 1.68. The van der Waals surface area contributed by atoms with Crippen molar-refractivity contribution in [2.45, 2.75) is 69.3 Å². The molecule has 6 nitrogen and oxygen atoms in total. The molecule has 1 fully saturated rings. The van der Waals surface area contributed by atoms with E-state index in [1.54, 1.807) is 4.68 Å². The van der Waals surface area contributed by atoms with Crippen LogP contribution < -0.4 is 5.32 Å². The Morgan fingerprint density at radius 1 is 1.28 bits per heavy atom. The third-order valence-electron chi connectivity index (χ3n) is 4.62. The molecule has 25 heavy (non-hydrogen) atoms. The summed E-state index contributed by atoms with van der Waals surface area (Å²) >= 11 is 1.40. The van der Waals surface area contributed by atoms with Gasteiger partial charge in [-0.3, -0.25) is 4.79 Å². The van der Waals surface area contributed by atoms with Gasteiger partial charge in [-0.1, -0.05) is 48.7 Å². The summed E-state index contributed by atoms with van der Waals surface area (Å²) in [5.41, 5.74) is 3.25. The zero-order valence-corrected chi connectivity index (χ0v) is 15.8. The average molecular weight is 359 g/mol. The number of rotatable bonds is 5. The van der Waals surface area contributed by atoms with Crippen molar-refractivity contribution < 1.29 is 4.79 Å². The van der Waals surface area contributed by atoms with Crippen molar-refractivity contribution in [1.29, 1.82) is 0 Å². The highest BCUT2D eigenvalue weighted by molar-refractivity contribution is 8.00. The fourth-order valence-electron chi connectivity index (χ4n) is 3.22. The molecule has 0 aliphatic heterocycles. The van der Waals surface area contributed by atoms with Gasteiger partial charge < -0.3 is 5.32 Å². The molecule has 0 unspecified atom stereocenters. The van der Waals surface area contributed by atoms with Gasteiger partial charge in [0.05, 0.1) is 10.9 Å². The maximum atomic E-state index is 12.5. The van der Waals surface area contributed by atoms with E-state index in [1.165, 1.54) is 36.6 Å². The lowest BCUT2D eigenvalue weighted by Crippen LogP contribution is -2.40. The molecule has 1 aliphatic carbocycles. The number of benzene rings is 1. The molecule has 1 aliphatic rings. The van der Waals surface area contributed by atoms with Gasteiger partial charge in [-0.15, -0.1) is 5.10 Å². The molecule has 1 heterocycles. The number of carbonyl (C=O) groups excluding carboxylic acids is 1. The van der Waals surface area contributed by atoms with Crippen molar-refractivity contribution in [1.82, 2.24) is 25.5 Å². The number of amides is 1. The number of tetrazole rings is 1. The number of hydrogen-bond acceptors (Lipinski definition) is 5. The van der Waals surface area contributed by atoms with E-state index >= 15 is 0 Å². The fraction of sp³-hybridized carbons (Fsp3) is 0.556. The van der Waals surface area contributed by atoms with Crippen LogP contribution >= 0.6 is 11.8 Å². The summed E-state index contributed by atoms with van der Waals surface area (Å²) in [7, 11) is 0. The van der Waals surface area contributed by atoms with Crippen LogP contribution in [0.3, 0.4) is 0 Å². The normalized spacial score (nSPS) is 16.6. The summed E-state index contributed by atoms with van der Waals surface area (Å²) in [6, 6.07) is 6.47. The molecule has 1 N–H and O–H groups in total. The maximum Gasteiger partial charge on any atom is 0.233 e. The molecule has 134 valence electrons. The van der Waals surface area contributed by atoms with Crippen LogP contribution in [0.1, 0.15) is 50.2 Å². The molecule has 0 radical (unpaired) electrons. The summed E-state index contributed by atoms with van der Waals surface area (Å²) in [4.78, 5) is 12.5.